The van der Waals surface area contributed by atoms with Gasteiger partial charge < -0.3 is 21.7 Å². The van der Waals surface area contributed by atoms with Gasteiger partial charge in [0, 0.05) is 12.1 Å². The smallest absolute Gasteiger partial charge is 0.0582 e. The SMILES string of the molecule is Cl.NC(CO)CCC(N)CO. The van der Waals surface area contributed by atoms with Crippen molar-refractivity contribution in [1.29, 1.82) is 0 Å². The highest BCUT2D eigenvalue weighted by molar-refractivity contribution is 5.85. The van der Waals surface area contributed by atoms with Crippen LogP contribution in [0, 0.1) is 0 Å². The standard InChI is InChI=1S/C6H16N2O2.ClH/c7-5(3-9)1-2-6(8)4-10;/h5-6,9-10H,1-4,7-8H2;1H. The van der Waals surface area contributed by atoms with Gasteiger partial charge in [-0.1, -0.05) is 0 Å². The summed E-state index contributed by atoms with van der Waals surface area (Å²) in [5.74, 6) is 0. The van der Waals surface area contributed by atoms with Crippen molar-refractivity contribution in [1.82, 2.24) is 0 Å². The number of hydrogen-bond acceptors (Lipinski definition) is 4. The molecule has 0 rings (SSSR count). The monoisotopic (exact) mass is 184 g/mol. The number of hydrogen-bond donors (Lipinski definition) is 4. The zero-order valence-electron chi connectivity index (χ0n) is 6.44. The first-order chi connectivity index (χ1) is 4.70. The molecule has 0 heterocycles. The zero-order valence-corrected chi connectivity index (χ0v) is 7.26. The molecule has 11 heavy (non-hydrogen) atoms. The summed E-state index contributed by atoms with van der Waals surface area (Å²) in [4.78, 5) is 0. The maximum absolute atomic E-state index is 8.49. The molecule has 0 amide bonds. The fourth-order valence-electron chi connectivity index (χ4n) is 0.611. The van der Waals surface area contributed by atoms with Crippen molar-refractivity contribution in [3.8, 4) is 0 Å². The van der Waals surface area contributed by atoms with Crippen LogP contribution in [0.2, 0.25) is 0 Å². The lowest BCUT2D eigenvalue weighted by molar-refractivity contribution is 0.235. The lowest BCUT2D eigenvalue weighted by Gasteiger charge is -2.10. The largest absolute Gasteiger partial charge is 0.395 e. The third kappa shape index (κ3) is 8.03. The van der Waals surface area contributed by atoms with Crippen LogP contribution in [0.1, 0.15) is 12.8 Å². The van der Waals surface area contributed by atoms with Crippen molar-refractivity contribution in [3.63, 3.8) is 0 Å². The minimum absolute atomic E-state index is 0. The van der Waals surface area contributed by atoms with Crippen molar-refractivity contribution >= 4 is 12.4 Å². The molecule has 70 valence electrons. The van der Waals surface area contributed by atoms with Crippen molar-refractivity contribution in [2.75, 3.05) is 13.2 Å². The number of aliphatic hydroxyl groups is 2. The number of halogens is 1. The van der Waals surface area contributed by atoms with Crippen LogP contribution in [0.4, 0.5) is 0 Å². The van der Waals surface area contributed by atoms with Gasteiger partial charge in [0.25, 0.3) is 0 Å². The summed E-state index contributed by atoms with van der Waals surface area (Å²) in [7, 11) is 0. The number of nitrogens with two attached hydrogens (primary N) is 2. The van der Waals surface area contributed by atoms with Crippen molar-refractivity contribution in [2.45, 2.75) is 24.9 Å². The lowest BCUT2D eigenvalue weighted by atomic mass is 10.1. The summed E-state index contributed by atoms with van der Waals surface area (Å²) >= 11 is 0. The van der Waals surface area contributed by atoms with Gasteiger partial charge in [-0.2, -0.15) is 0 Å². The number of rotatable bonds is 5. The first kappa shape index (κ1) is 13.7. The molecule has 4 nitrogen and oxygen atoms in total. The second-order valence-corrected chi connectivity index (χ2v) is 2.46. The molecule has 2 unspecified atom stereocenters. The van der Waals surface area contributed by atoms with E-state index in [1.165, 1.54) is 0 Å². The molecule has 2 atom stereocenters. The molecule has 0 aliphatic rings. The van der Waals surface area contributed by atoms with Crippen LogP contribution >= 0.6 is 12.4 Å². The van der Waals surface area contributed by atoms with Crippen LogP contribution in [0.25, 0.3) is 0 Å². The highest BCUT2D eigenvalue weighted by Gasteiger charge is 2.04. The summed E-state index contributed by atoms with van der Waals surface area (Å²) in [5.41, 5.74) is 10.8. The third-order valence-electron chi connectivity index (χ3n) is 1.38. The van der Waals surface area contributed by atoms with Gasteiger partial charge in [-0.05, 0) is 12.8 Å². The van der Waals surface area contributed by atoms with Crippen LogP contribution < -0.4 is 11.5 Å². The molecule has 0 fully saturated rings. The Morgan fingerprint density at radius 3 is 1.36 bits per heavy atom. The van der Waals surface area contributed by atoms with Gasteiger partial charge in [-0.3, -0.25) is 0 Å². The molecule has 0 aliphatic heterocycles. The predicted octanol–water partition coefficient (Wildman–Crippen LogP) is -1.17. The van der Waals surface area contributed by atoms with Gasteiger partial charge in [0.1, 0.15) is 0 Å². The minimum Gasteiger partial charge on any atom is -0.395 e. The molecule has 0 radical (unpaired) electrons. The summed E-state index contributed by atoms with van der Waals surface area (Å²) < 4.78 is 0. The summed E-state index contributed by atoms with van der Waals surface area (Å²) in [6, 6.07) is -0.393. The van der Waals surface area contributed by atoms with Crippen molar-refractivity contribution in [3.05, 3.63) is 0 Å². The molecular weight excluding hydrogens is 168 g/mol. The Labute approximate surface area is 73.0 Å². The fraction of sp³-hybridized carbons (Fsp3) is 1.00. The third-order valence-corrected chi connectivity index (χ3v) is 1.38. The van der Waals surface area contributed by atoms with E-state index in [2.05, 4.69) is 0 Å². The van der Waals surface area contributed by atoms with E-state index in [1.54, 1.807) is 0 Å². The molecule has 0 aromatic rings. The lowest BCUT2D eigenvalue weighted by Crippen LogP contribution is -2.30. The summed E-state index contributed by atoms with van der Waals surface area (Å²) in [6.07, 6.45) is 1.33. The quantitative estimate of drug-likeness (QED) is 0.433. The van der Waals surface area contributed by atoms with E-state index in [0.717, 1.165) is 0 Å². The second kappa shape index (κ2) is 8.23. The molecule has 0 aromatic heterocycles. The van der Waals surface area contributed by atoms with E-state index < -0.39 is 0 Å². The van der Waals surface area contributed by atoms with Gasteiger partial charge in [-0.15, -0.1) is 12.4 Å². The Morgan fingerprint density at radius 1 is 0.909 bits per heavy atom. The van der Waals surface area contributed by atoms with Gasteiger partial charge in [0.15, 0.2) is 0 Å². The Balaban J connectivity index is 0. The van der Waals surface area contributed by atoms with Crippen LogP contribution in [0.3, 0.4) is 0 Å². The molecule has 0 aliphatic carbocycles. The molecular formula is C6H17ClN2O2. The van der Waals surface area contributed by atoms with E-state index in [0.29, 0.717) is 12.8 Å². The normalized spacial score (nSPS) is 15.3. The van der Waals surface area contributed by atoms with Gasteiger partial charge in [0.2, 0.25) is 0 Å². The minimum atomic E-state index is -0.197. The van der Waals surface area contributed by atoms with E-state index in [9.17, 15) is 0 Å². The fourth-order valence-corrected chi connectivity index (χ4v) is 0.611. The molecule has 0 spiro atoms. The van der Waals surface area contributed by atoms with Crippen molar-refractivity contribution < 1.29 is 10.2 Å². The predicted molar refractivity (Wildman–Crippen MR) is 46.6 cm³/mol. The van der Waals surface area contributed by atoms with E-state index in [4.69, 9.17) is 21.7 Å². The average molecular weight is 185 g/mol. The molecule has 0 bridgehead atoms. The molecule has 5 heteroatoms. The molecule has 0 saturated carbocycles. The Morgan fingerprint density at radius 2 is 1.18 bits per heavy atom. The van der Waals surface area contributed by atoms with Crippen LogP contribution in [-0.2, 0) is 0 Å². The highest BCUT2D eigenvalue weighted by Crippen LogP contribution is 1.96. The first-order valence-electron chi connectivity index (χ1n) is 3.43. The number of aliphatic hydroxyl groups excluding tert-OH is 2. The van der Waals surface area contributed by atoms with Crippen LogP contribution in [0.15, 0.2) is 0 Å². The summed E-state index contributed by atoms with van der Waals surface area (Å²) in [6.45, 7) is -0.0315. The zero-order chi connectivity index (χ0) is 7.98. The molecule has 0 saturated heterocycles. The van der Waals surface area contributed by atoms with Crippen molar-refractivity contribution in [2.24, 2.45) is 11.5 Å². The summed E-state index contributed by atoms with van der Waals surface area (Å²) in [5, 5.41) is 17.0. The maximum atomic E-state index is 8.49. The van der Waals surface area contributed by atoms with Crippen LogP contribution in [-0.4, -0.2) is 35.5 Å². The van der Waals surface area contributed by atoms with Gasteiger partial charge >= 0.3 is 0 Å². The average Bonchev–Trinajstić information content (AvgIpc) is 1.99. The van der Waals surface area contributed by atoms with E-state index >= 15 is 0 Å². The topological polar surface area (TPSA) is 92.5 Å². The van der Waals surface area contributed by atoms with Crippen LogP contribution in [0.5, 0.6) is 0 Å². The Hall–Kier alpha value is 0.130. The second-order valence-electron chi connectivity index (χ2n) is 2.46. The maximum Gasteiger partial charge on any atom is 0.0582 e. The van der Waals surface area contributed by atoms with E-state index in [-0.39, 0.29) is 37.7 Å². The Bertz CT molecular complexity index is 75.0. The van der Waals surface area contributed by atoms with Gasteiger partial charge in [-0.25, -0.2) is 0 Å². The van der Waals surface area contributed by atoms with Gasteiger partial charge in [0.05, 0.1) is 13.2 Å². The van der Waals surface area contributed by atoms with E-state index in [1.807, 2.05) is 0 Å². The first-order valence-corrected chi connectivity index (χ1v) is 3.43. The molecule has 6 N–H and O–H groups in total. The highest BCUT2D eigenvalue weighted by atomic mass is 35.5. The Kier molecular flexibility index (Phi) is 10.2. The molecule has 0 aromatic carbocycles.